The van der Waals surface area contributed by atoms with Gasteiger partial charge in [0.2, 0.25) is 0 Å². The second-order valence-electron chi connectivity index (χ2n) is 6.90. The Labute approximate surface area is 128 Å². The Morgan fingerprint density at radius 1 is 0.667 bits per heavy atom. The molecule has 3 aliphatic heterocycles. The molecule has 4 atom stereocenters. The minimum Gasteiger partial charge on any atom is -0.381 e. The summed E-state index contributed by atoms with van der Waals surface area (Å²) in [5.41, 5.74) is 0. The van der Waals surface area contributed by atoms with Crippen LogP contribution in [0.25, 0.3) is 0 Å². The highest BCUT2D eigenvalue weighted by Crippen LogP contribution is 2.30. The lowest BCUT2D eigenvalue weighted by Crippen LogP contribution is -2.33. The van der Waals surface area contributed by atoms with E-state index in [9.17, 15) is 0 Å². The molecule has 0 radical (unpaired) electrons. The van der Waals surface area contributed by atoms with Crippen molar-refractivity contribution in [1.82, 2.24) is 5.32 Å². The summed E-state index contributed by atoms with van der Waals surface area (Å²) in [6.45, 7) is 6.60. The minimum atomic E-state index is 0.393. The predicted octanol–water partition coefficient (Wildman–Crippen LogP) is 2.22. The number of hydrogen-bond donors (Lipinski definition) is 1. The molecule has 0 aliphatic carbocycles. The fourth-order valence-corrected chi connectivity index (χ4v) is 4.12. The number of nitrogens with one attached hydrogen (secondary N) is 1. The number of hydrogen-bond acceptors (Lipinski definition) is 4. The van der Waals surface area contributed by atoms with E-state index in [1.165, 1.54) is 32.1 Å². The molecule has 0 aromatic heterocycles. The molecule has 21 heavy (non-hydrogen) atoms. The van der Waals surface area contributed by atoms with Crippen LogP contribution in [-0.2, 0) is 14.2 Å². The van der Waals surface area contributed by atoms with E-state index in [2.05, 4.69) is 5.32 Å². The first-order valence-electron chi connectivity index (χ1n) is 8.91. The van der Waals surface area contributed by atoms with Crippen molar-refractivity contribution in [2.75, 3.05) is 46.1 Å². The van der Waals surface area contributed by atoms with Crippen molar-refractivity contribution in [3.8, 4) is 0 Å². The van der Waals surface area contributed by atoms with E-state index in [0.717, 1.165) is 64.4 Å². The molecule has 0 saturated carbocycles. The van der Waals surface area contributed by atoms with E-state index in [-0.39, 0.29) is 0 Å². The van der Waals surface area contributed by atoms with E-state index in [1.54, 1.807) is 0 Å². The molecular formula is C17H31NO3. The summed E-state index contributed by atoms with van der Waals surface area (Å²) in [6, 6.07) is 0. The van der Waals surface area contributed by atoms with Crippen LogP contribution in [-0.4, -0.2) is 52.2 Å². The predicted molar refractivity (Wildman–Crippen MR) is 82.4 cm³/mol. The summed E-state index contributed by atoms with van der Waals surface area (Å²) in [5.74, 6) is 2.20. The van der Waals surface area contributed by atoms with Crippen LogP contribution < -0.4 is 5.32 Å². The lowest BCUT2D eigenvalue weighted by Gasteiger charge is -2.25. The van der Waals surface area contributed by atoms with Crippen molar-refractivity contribution in [3.63, 3.8) is 0 Å². The van der Waals surface area contributed by atoms with Crippen LogP contribution >= 0.6 is 0 Å². The van der Waals surface area contributed by atoms with E-state index in [1.807, 2.05) is 0 Å². The third-order valence-electron chi connectivity index (χ3n) is 5.47. The smallest absolute Gasteiger partial charge is 0.0704 e. The quantitative estimate of drug-likeness (QED) is 0.848. The zero-order chi connectivity index (χ0) is 14.3. The van der Waals surface area contributed by atoms with Gasteiger partial charge in [-0.15, -0.1) is 0 Å². The lowest BCUT2D eigenvalue weighted by atomic mass is 9.84. The molecule has 0 bridgehead atoms. The van der Waals surface area contributed by atoms with Crippen LogP contribution in [0.2, 0.25) is 0 Å². The van der Waals surface area contributed by atoms with Crippen molar-refractivity contribution in [1.29, 1.82) is 0 Å². The van der Waals surface area contributed by atoms with Crippen LogP contribution in [0.1, 0.15) is 38.5 Å². The summed E-state index contributed by atoms with van der Waals surface area (Å²) < 4.78 is 17.3. The van der Waals surface area contributed by atoms with Gasteiger partial charge in [-0.2, -0.15) is 0 Å². The van der Waals surface area contributed by atoms with Crippen LogP contribution in [0.15, 0.2) is 0 Å². The van der Waals surface area contributed by atoms with Crippen LogP contribution in [0.5, 0.6) is 0 Å². The number of rotatable bonds is 2. The van der Waals surface area contributed by atoms with Gasteiger partial charge in [0.05, 0.1) is 19.3 Å². The first-order chi connectivity index (χ1) is 10.4. The normalized spacial score (nSPS) is 40.0. The van der Waals surface area contributed by atoms with Gasteiger partial charge in [0.1, 0.15) is 0 Å². The summed E-state index contributed by atoms with van der Waals surface area (Å²) in [5, 5.41) is 3.71. The molecule has 1 N–H and O–H groups in total. The Hall–Kier alpha value is -0.160. The molecule has 3 fully saturated rings. The van der Waals surface area contributed by atoms with Crippen LogP contribution in [0, 0.1) is 17.8 Å². The van der Waals surface area contributed by atoms with Gasteiger partial charge in [0, 0.05) is 26.4 Å². The monoisotopic (exact) mass is 297 g/mol. The van der Waals surface area contributed by atoms with Crippen molar-refractivity contribution in [2.45, 2.75) is 44.6 Å². The van der Waals surface area contributed by atoms with Gasteiger partial charge in [-0.1, -0.05) is 6.42 Å². The van der Waals surface area contributed by atoms with Gasteiger partial charge < -0.3 is 19.5 Å². The highest BCUT2D eigenvalue weighted by atomic mass is 16.5. The molecule has 3 aliphatic rings. The van der Waals surface area contributed by atoms with Crippen LogP contribution in [0.4, 0.5) is 0 Å². The zero-order valence-electron chi connectivity index (χ0n) is 13.2. The largest absolute Gasteiger partial charge is 0.381 e. The van der Waals surface area contributed by atoms with Gasteiger partial charge in [-0.3, -0.25) is 0 Å². The second kappa shape index (κ2) is 8.47. The molecule has 122 valence electrons. The lowest BCUT2D eigenvalue weighted by molar-refractivity contribution is 0.0153. The second-order valence-corrected chi connectivity index (χ2v) is 6.90. The minimum absolute atomic E-state index is 0.393. The third kappa shape index (κ3) is 4.65. The van der Waals surface area contributed by atoms with Gasteiger partial charge in [-0.05, 0) is 56.4 Å². The van der Waals surface area contributed by atoms with E-state index in [0.29, 0.717) is 12.0 Å². The summed E-state index contributed by atoms with van der Waals surface area (Å²) >= 11 is 0. The van der Waals surface area contributed by atoms with Gasteiger partial charge in [-0.25, -0.2) is 0 Å². The average Bonchev–Trinajstić information content (AvgIpc) is 3.01. The molecule has 3 saturated heterocycles. The van der Waals surface area contributed by atoms with Crippen molar-refractivity contribution in [2.24, 2.45) is 17.8 Å². The molecule has 3 rings (SSSR count). The van der Waals surface area contributed by atoms with Gasteiger partial charge in [0.15, 0.2) is 0 Å². The molecule has 4 heteroatoms. The Bertz CT molecular complexity index is 256. The highest BCUT2D eigenvalue weighted by molar-refractivity contribution is 4.83. The molecule has 3 heterocycles. The van der Waals surface area contributed by atoms with E-state index >= 15 is 0 Å². The Morgan fingerprint density at radius 2 is 1.57 bits per heavy atom. The summed E-state index contributed by atoms with van der Waals surface area (Å²) in [4.78, 5) is 0. The maximum absolute atomic E-state index is 6.01. The fourth-order valence-electron chi connectivity index (χ4n) is 4.12. The first-order valence-corrected chi connectivity index (χ1v) is 8.91. The van der Waals surface area contributed by atoms with Gasteiger partial charge >= 0.3 is 0 Å². The SMILES string of the molecule is C1CCC(C2CCC(C3CCOCCO3)CNC2)COC1. The summed E-state index contributed by atoms with van der Waals surface area (Å²) in [6.07, 6.45) is 8.01. The zero-order valence-corrected chi connectivity index (χ0v) is 13.2. The fraction of sp³-hybridized carbons (Fsp3) is 1.00. The van der Waals surface area contributed by atoms with Gasteiger partial charge in [0.25, 0.3) is 0 Å². The maximum Gasteiger partial charge on any atom is 0.0704 e. The summed E-state index contributed by atoms with van der Waals surface area (Å²) in [7, 11) is 0. The topological polar surface area (TPSA) is 39.7 Å². The Morgan fingerprint density at radius 3 is 2.57 bits per heavy atom. The van der Waals surface area contributed by atoms with Crippen molar-refractivity contribution in [3.05, 3.63) is 0 Å². The average molecular weight is 297 g/mol. The third-order valence-corrected chi connectivity index (χ3v) is 5.47. The van der Waals surface area contributed by atoms with Crippen molar-refractivity contribution < 1.29 is 14.2 Å². The molecule has 0 amide bonds. The van der Waals surface area contributed by atoms with E-state index in [4.69, 9.17) is 14.2 Å². The Balaban J connectivity index is 1.50. The molecular weight excluding hydrogens is 266 g/mol. The maximum atomic E-state index is 6.01. The first kappa shape index (κ1) is 15.7. The molecule has 4 nitrogen and oxygen atoms in total. The number of ether oxygens (including phenoxy) is 3. The van der Waals surface area contributed by atoms with E-state index < -0.39 is 0 Å². The van der Waals surface area contributed by atoms with Crippen molar-refractivity contribution >= 4 is 0 Å². The van der Waals surface area contributed by atoms with Crippen LogP contribution in [0.3, 0.4) is 0 Å². The highest BCUT2D eigenvalue weighted by Gasteiger charge is 2.30. The molecule has 0 spiro atoms. The molecule has 0 aromatic carbocycles. The molecule has 0 aromatic rings. The Kier molecular flexibility index (Phi) is 6.34. The standard InChI is InChI=1S/C17H31NO3/c1-2-7-20-13-16(3-1)14-4-5-15(12-18-11-14)17-6-8-19-9-10-21-17/h14-18H,1-13H2. The molecule has 4 unspecified atom stereocenters.